The van der Waals surface area contributed by atoms with Crippen molar-refractivity contribution in [2.24, 2.45) is 4.99 Å². The van der Waals surface area contributed by atoms with Gasteiger partial charge in [-0.3, -0.25) is 4.99 Å². The molecule has 0 aromatic heterocycles. The van der Waals surface area contributed by atoms with Crippen LogP contribution in [0.1, 0.15) is 18.4 Å². The summed E-state index contributed by atoms with van der Waals surface area (Å²) < 4.78 is 28.8. The van der Waals surface area contributed by atoms with Crippen LogP contribution in [0.15, 0.2) is 29.3 Å². The molecule has 0 radical (unpaired) electrons. The molecular formula is C18H31IN4O3S. The number of sulfone groups is 1. The van der Waals surface area contributed by atoms with Crippen molar-refractivity contribution in [2.75, 3.05) is 45.8 Å². The number of guanidine groups is 1. The molecule has 2 rings (SSSR count). The third-order valence-electron chi connectivity index (χ3n) is 4.20. The SMILES string of the molecule is CN=C(NCc1ccc(OCCCN(C)C)cc1)NC1CCS(=O)(=O)C1.I. The zero-order valence-electron chi connectivity index (χ0n) is 16.3. The second-order valence-electron chi connectivity index (χ2n) is 6.82. The molecule has 0 spiro atoms. The Morgan fingerprint density at radius 1 is 1.30 bits per heavy atom. The summed E-state index contributed by atoms with van der Waals surface area (Å²) in [5.41, 5.74) is 1.10. The number of benzene rings is 1. The Balaban J connectivity index is 0.00000364. The first kappa shape index (κ1) is 24.0. The van der Waals surface area contributed by atoms with Crippen LogP contribution in [0.2, 0.25) is 0 Å². The quantitative estimate of drug-likeness (QED) is 0.239. The molecule has 0 saturated carbocycles. The monoisotopic (exact) mass is 510 g/mol. The highest BCUT2D eigenvalue weighted by Gasteiger charge is 2.28. The van der Waals surface area contributed by atoms with Crippen molar-refractivity contribution < 1.29 is 13.2 Å². The first-order valence-electron chi connectivity index (χ1n) is 8.92. The number of nitrogens with one attached hydrogen (secondary N) is 2. The van der Waals surface area contributed by atoms with Gasteiger partial charge in [0.1, 0.15) is 5.75 Å². The van der Waals surface area contributed by atoms with Gasteiger partial charge in [-0.25, -0.2) is 8.42 Å². The second kappa shape index (κ2) is 11.7. The van der Waals surface area contributed by atoms with Crippen LogP contribution in [0.3, 0.4) is 0 Å². The Kier molecular flexibility index (Phi) is 10.4. The molecule has 1 aliphatic rings. The maximum absolute atomic E-state index is 11.5. The molecular weight excluding hydrogens is 479 g/mol. The summed E-state index contributed by atoms with van der Waals surface area (Å²) in [5.74, 6) is 1.91. The molecule has 0 amide bonds. The van der Waals surface area contributed by atoms with Gasteiger partial charge in [0.05, 0.1) is 18.1 Å². The van der Waals surface area contributed by atoms with Crippen molar-refractivity contribution in [1.82, 2.24) is 15.5 Å². The molecule has 2 N–H and O–H groups in total. The van der Waals surface area contributed by atoms with Gasteiger partial charge in [0.15, 0.2) is 15.8 Å². The van der Waals surface area contributed by atoms with E-state index in [-0.39, 0.29) is 41.5 Å². The van der Waals surface area contributed by atoms with E-state index in [0.29, 0.717) is 25.5 Å². The summed E-state index contributed by atoms with van der Waals surface area (Å²) in [6.07, 6.45) is 1.62. The van der Waals surface area contributed by atoms with Gasteiger partial charge in [0, 0.05) is 26.2 Å². The molecule has 154 valence electrons. The average molecular weight is 510 g/mol. The molecule has 1 fully saturated rings. The molecule has 1 heterocycles. The lowest BCUT2D eigenvalue weighted by Gasteiger charge is -2.16. The summed E-state index contributed by atoms with van der Waals surface area (Å²) >= 11 is 0. The minimum Gasteiger partial charge on any atom is -0.494 e. The molecule has 1 aliphatic heterocycles. The van der Waals surface area contributed by atoms with Crippen molar-refractivity contribution >= 4 is 39.8 Å². The van der Waals surface area contributed by atoms with Gasteiger partial charge >= 0.3 is 0 Å². The third kappa shape index (κ3) is 9.11. The van der Waals surface area contributed by atoms with Crippen molar-refractivity contribution in [1.29, 1.82) is 0 Å². The lowest BCUT2D eigenvalue weighted by molar-refractivity contribution is 0.281. The number of hydrogen-bond donors (Lipinski definition) is 2. The summed E-state index contributed by atoms with van der Waals surface area (Å²) in [6, 6.07) is 7.89. The summed E-state index contributed by atoms with van der Waals surface area (Å²) in [5, 5.41) is 6.40. The molecule has 1 saturated heterocycles. The predicted octanol–water partition coefficient (Wildman–Crippen LogP) is 1.49. The smallest absolute Gasteiger partial charge is 0.191 e. The van der Waals surface area contributed by atoms with E-state index >= 15 is 0 Å². The zero-order chi connectivity index (χ0) is 19.0. The van der Waals surface area contributed by atoms with E-state index in [9.17, 15) is 8.42 Å². The Labute approximate surface area is 179 Å². The molecule has 27 heavy (non-hydrogen) atoms. The number of halogens is 1. The largest absolute Gasteiger partial charge is 0.494 e. The Morgan fingerprint density at radius 2 is 2.00 bits per heavy atom. The van der Waals surface area contributed by atoms with Gasteiger partial charge in [-0.1, -0.05) is 12.1 Å². The Morgan fingerprint density at radius 3 is 2.56 bits per heavy atom. The minimum absolute atomic E-state index is 0. The number of nitrogens with zero attached hydrogens (tertiary/aromatic N) is 2. The van der Waals surface area contributed by atoms with Gasteiger partial charge in [0.2, 0.25) is 0 Å². The highest BCUT2D eigenvalue weighted by Crippen LogP contribution is 2.13. The van der Waals surface area contributed by atoms with E-state index in [4.69, 9.17) is 4.74 Å². The van der Waals surface area contributed by atoms with Crippen LogP contribution in [0.4, 0.5) is 0 Å². The zero-order valence-corrected chi connectivity index (χ0v) is 19.4. The lowest BCUT2D eigenvalue weighted by atomic mass is 10.2. The van der Waals surface area contributed by atoms with Gasteiger partial charge in [-0.2, -0.15) is 0 Å². The maximum atomic E-state index is 11.5. The molecule has 7 nitrogen and oxygen atoms in total. The van der Waals surface area contributed by atoms with Gasteiger partial charge < -0.3 is 20.3 Å². The van der Waals surface area contributed by atoms with Crippen molar-refractivity contribution in [3.63, 3.8) is 0 Å². The maximum Gasteiger partial charge on any atom is 0.191 e. The molecule has 0 bridgehead atoms. The van der Waals surface area contributed by atoms with Crippen molar-refractivity contribution in [3.8, 4) is 5.75 Å². The molecule has 1 atom stereocenters. The first-order chi connectivity index (χ1) is 12.4. The van der Waals surface area contributed by atoms with E-state index in [0.717, 1.165) is 24.3 Å². The van der Waals surface area contributed by atoms with E-state index in [1.165, 1.54) is 0 Å². The van der Waals surface area contributed by atoms with Crippen molar-refractivity contribution in [3.05, 3.63) is 29.8 Å². The highest BCUT2D eigenvalue weighted by atomic mass is 127. The van der Waals surface area contributed by atoms with Gasteiger partial charge in [0.25, 0.3) is 0 Å². The van der Waals surface area contributed by atoms with Gasteiger partial charge in [-0.15, -0.1) is 24.0 Å². The molecule has 1 unspecified atom stereocenters. The standard InChI is InChI=1S/C18H30N4O3S.HI/c1-19-18(21-16-9-12-26(23,24)14-16)20-13-15-5-7-17(8-6-15)25-11-4-10-22(2)3;/h5-8,16H,4,9-14H2,1-3H3,(H2,19,20,21);1H. The van der Waals surface area contributed by atoms with Crippen LogP contribution < -0.4 is 15.4 Å². The highest BCUT2D eigenvalue weighted by molar-refractivity contribution is 14.0. The Hall–Kier alpha value is -1.07. The van der Waals surface area contributed by atoms with Gasteiger partial charge in [-0.05, 0) is 44.6 Å². The fraction of sp³-hybridized carbons (Fsp3) is 0.611. The topological polar surface area (TPSA) is 83.0 Å². The van der Waals surface area contributed by atoms with E-state index < -0.39 is 9.84 Å². The average Bonchev–Trinajstić information content (AvgIpc) is 2.95. The van der Waals surface area contributed by atoms with E-state index in [1.807, 2.05) is 24.3 Å². The summed E-state index contributed by atoms with van der Waals surface area (Å²) in [4.78, 5) is 6.31. The normalized spacial score (nSPS) is 18.8. The fourth-order valence-electron chi connectivity index (χ4n) is 2.76. The third-order valence-corrected chi connectivity index (χ3v) is 5.97. The summed E-state index contributed by atoms with van der Waals surface area (Å²) in [6.45, 7) is 2.33. The fourth-order valence-corrected chi connectivity index (χ4v) is 4.43. The van der Waals surface area contributed by atoms with Crippen molar-refractivity contribution in [2.45, 2.75) is 25.4 Å². The van der Waals surface area contributed by atoms with Crippen LogP contribution in [0.5, 0.6) is 5.75 Å². The first-order valence-corrected chi connectivity index (χ1v) is 10.7. The number of ether oxygens (including phenoxy) is 1. The van der Waals surface area contributed by atoms with Crippen LogP contribution in [0, 0.1) is 0 Å². The predicted molar refractivity (Wildman–Crippen MR) is 121 cm³/mol. The minimum atomic E-state index is -2.90. The molecule has 9 heteroatoms. The molecule has 1 aromatic rings. The number of hydrogen-bond acceptors (Lipinski definition) is 5. The van der Waals surface area contributed by atoms with Crippen LogP contribution in [0.25, 0.3) is 0 Å². The molecule has 1 aromatic carbocycles. The Bertz CT molecular complexity index is 693. The van der Waals surface area contributed by atoms with E-state index in [1.54, 1.807) is 7.05 Å². The number of aliphatic imine (C=N–C) groups is 1. The van der Waals surface area contributed by atoms with E-state index in [2.05, 4.69) is 34.6 Å². The van der Waals surface area contributed by atoms with Crippen LogP contribution in [-0.4, -0.2) is 71.1 Å². The lowest BCUT2D eigenvalue weighted by Crippen LogP contribution is -2.43. The molecule has 0 aliphatic carbocycles. The summed E-state index contributed by atoms with van der Waals surface area (Å²) in [7, 11) is 2.89. The number of rotatable bonds is 8. The van der Waals surface area contributed by atoms with Crippen LogP contribution in [-0.2, 0) is 16.4 Å². The second-order valence-corrected chi connectivity index (χ2v) is 9.05. The van der Waals surface area contributed by atoms with Crippen LogP contribution >= 0.6 is 24.0 Å².